The van der Waals surface area contributed by atoms with Crippen molar-refractivity contribution in [2.24, 2.45) is 18.7 Å². The van der Waals surface area contributed by atoms with Gasteiger partial charge >= 0.3 is 0 Å². The van der Waals surface area contributed by atoms with Gasteiger partial charge in [0, 0.05) is 26.1 Å². The SMILES string of the molecule is Cn1c(CC(N)C2CCCOC2)nc2ccccc21. The molecule has 2 atom stereocenters. The maximum Gasteiger partial charge on any atom is 0.111 e. The Morgan fingerprint density at radius 3 is 3.05 bits per heavy atom. The molecule has 3 rings (SSSR count). The lowest BCUT2D eigenvalue weighted by atomic mass is 9.92. The third-order valence-corrected chi connectivity index (χ3v) is 4.10. The quantitative estimate of drug-likeness (QED) is 0.915. The Morgan fingerprint density at radius 2 is 2.32 bits per heavy atom. The highest BCUT2D eigenvalue weighted by Gasteiger charge is 2.23. The van der Waals surface area contributed by atoms with Crippen LogP contribution in [0.5, 0.6) is 0 Å². The molecule has 1 saturated heterocycles. The minimum absolute atomic E-state index is 0.135. The Labute approximate surface area is 113 Å². The van der Waals surface area contributed by atoms with Gasteiger partial charge in [0.05, 0.1) is 17.6 Å². The maximum absolute atomic E-state index is 6.34. The Morgan fingerprint density at radius 1 is 1.47 bits per heavy atom. The number of nitrogens with two attached hydrogens (primary N) is 1. The Kier molecular flexibility index (Phi) is 3.53. The molecule has 0 radical (unpaired) electrons. The molecule has 1 aliphatic rings. The average Bonchev–Trinajstić information content (AvgIpc) is 2.77. The summed E-state index contributed by atoms with van der Waals surface area (Å²) in [5.74, 6) is 1.54. The van der Waals surface area contributed by atoms with Crippen LogP contribution in [0.1, 0.15) is 18.7 Å². The van der Waals surface area contributed by atoms with Gasteiger partial charge in [0.2, 0.25) is 0 Å². The zero-order valence-electron chi connectivity index (χ0n) is 11.4. The van der Waals surface area contributed by atoms with Crippen LogP contribution in [0.3, 0.4) is 0 Å². The molecule has 0 bridgehead atoms. The summed E-state index contributed by atoms with van der Waals surface area (Å²) >= 11 is 0. The molecule has 2 heterocycles. The third-order valence-electron chi connectivity index (χ3n) is 4.10. The van der Waals surface area contributed by atoms with E-state index in [1.165, 1.54) is 11.9 Å². The molecule has 4 heteroatoms. The second-order valence-corrected chi connectivity index (χ2v) is 5.42. The van der Waals surface area contributed by atoms with Crippen molar-refractivity contribution < 1.29 is 4.74 Å². The number of benzene rings is 1. The summed E-state index contributed by atoms with van der Waals surface area (Å²) in [5, 5.41) is 0. The molecule has 19 heavy (non-hydrogen) atoms. The van der Waals surface area contributed by atoms with E-state index in [1.807, 2.05) is 18.2 Å². The van der Waals surface area contributed by atoms with Crippen molar-refractivity contribution in [2.75, 3.05) is 13.2 Å². The van der Waals surface area contributed by atoms with Gasteiger partial charge in [0.25, 0.3) is 0 Å². The number of ether oxygens (including phenoxy) is 1. The maximum atomic E-state index is 6.34. The molecule has 0 spiro atoms. The molecule has 2 N–H and O–H groups in total. The summed E-state index contributed by atoms with van der Waals surface area (Å²) in [6.45, 7) is 1.68. The second-order valence-electron chi connectivity index (χ2n) is 5.42. The Balaban J connectivity index is 1.78. The molecule has 4 nitrogen and oxygen atoms in total. The number of hydrogen-bond acceptors (Lipinski definition) is 3. The zero-order chi connectivity index (χ0) is 13.2. The second kappa shape index (κ2) is 5.31. The van der Waals surface area contributed by atoms with E-state index >= 15 is 0 Å². The summed E-state index contributed by atoms with van der Waals surface area (Å²) in [6, 6.07) is 8.35. The van der Waals surface area contributed by atoms with E-state index in [0.29, 0.717) is 5.92 Å². The summed E-state index contributed by atoms with van der Waals surface area (Å²) in [7, 11) is 2.06. The first-order valence-corrected chi connectivity index (χ1v) is 6.99. The number of aryl methyl sites for hydroxylation is 1. The van der Waals surface area contributed by atoms with Gasteiger partial charge in [-0.15, -0.1) is 0 Å². The van der Waals surface area contributed by atoms with Crippen molar-refractivity contribution in [2.45, 2.75) is 25.3 Å². The number of fused-ring (bicyclic) bond motifs is 1. The fourth-order valence-corrected chi connectivity index (χ4v) is 2.86. The molecule has 0 saturated carbocycles. The van der Waals surface area contributed by atoms with Crippen molar-refractivity contribution >= 4 is 11.0 Å². The van der Waals surface area contributed by atoms with Crippen molar-refractivity contribution in [1.29, 1.82) is 0 Å². The van der Waals surface area contributed by atoms with E-state index in [-0.39, 0.29) is 6.04 Å². The van der Waals surface area contributed by atoms with Gasteiger partial charge in [0.1, 0.15) is 5.82 Å². The molecule has 1 aromatic heterocycles. The normalized spacial score (nSPS) is 21.7. The molecule has 2 unspecified atom stereocenters. The molecule has 1 aromatic carbocycles. The van der Waals surface area contributed by atoms with Gasteiger partial charge in [-0.1, -0.05) is 12.1 Å². The largest absolute Gasteiger partial charge is 0.381 e. The van der Waals surface area contributed by atoms with Crippen LogP contribution < -0.4 is 5.73 Å². The number of hydrogen-bond donors (Lipinski definition) is 1. The molecule has 0 amide bonds. The van der Waals surface area contributed by atoms with E-state index in [1.54, 1.807) is 0 Å². The van der Waals surface area contributed by atoms with Crippen molar-refractivity contribution in [1.82, 2.24) is 9.55 Å². The van der Waals surface area contributed by atoms with Crippen LogP contribution in [0.15, 0.2) is 24.3 Å². The van der Waals surface area contributed by atoms with Crippen molar-refractivity contribution in [3.8, 4) is 0 Å². The van der Waals surface area contributed by atoms with Crippen LogP contribution in [0.25, 0.3) is 11.0 Å². The number of aromatic nitrogens is 2. The van der Waals surface area contributed by atoms with E-state index in [2.05, 4.69) is 22.7 Å². The summed E-state index contributed by atoms with van der Waals surface area (Å²) in [6.07, 6.45) is 3.12. The predicted molar refractivity (Wildman–Crippen MR) is 75.9 cm³/mol. The highest BCUT2D eigenvalue weighted by atomic mass is 16.5. The fourth-order valence-electron chi connectivity index (χ4n) is 2.86. The first-order valence-electron chi connectivity index (χ1n) is 6.99. The van der Waals surface area contributed by atoms with Crippen LogP contribution in [-0.4, -0.2) is 28.8 Å². The Hall–Kier alpha value is -1.39. The van der Waals surface area contributed by atoms with Crippen LogP contribution in [0.2, 0.25) is 0 Å². The van der Waals surface area contributed by atoms with Crippen LogP contribution >= 0.6 is 0 Å². The summed E-state index contributed by atoms with van der Waals surface area (Å²) in [4.78, 5) is 4.69. The minimum atomic E-state index is 0.135. The molecule has 1 fully saturated rings. The van der Waals surface area contributed by atoms with Crippen LogP contribution in [-0.2, 0) is 18.2 Å². The van der Waals surface area contributed by atoms with Gasteiger partial charge in [-0.3, -0.25) is 0 Å². The lowest BCUT2D eigenvalue weighted by Gasteiger charge is -2.27. The Bertz CT molecular complexity index is 558. The van der Waals surface area contributed by atoms with Gasteiger partial charge in [-0.25, -0.2) is 4.98 Å². The molecular formula is C15H21N3O. The topological polar surface area (TPSA) is 53.1 Å². The van der Waals surface area contributed by atoms with E-state index < -0.39 is 0 Å². The summed E-state index contributed by atoms with van der Waals surface area (Å²) in [5.41, 5.74) is 8.56. The minimum Gasteiger partial charge on any atom is -0.381 e. The van der Waals surface area contributed by atoms with E-state index in [0.717, 1.165) is 37.4 Å². The molecule has 102 valence electrons. The highest BCUT2D eigenvalue weighted by molar-refractivity contribution is 5.75. The van der Waals surface area contributed by atoms with Crippen LogP contribution in [0.4, 0.5) is 0 Å². The monoisotopic (exact) mass is 259 g/mol. The third kappa shape index (κ3) is 2.51. The average molecular weight is 259 g/mol. The van der Waals surface area contributed by atoms with E-state index in [4.69, 9.17) is 10.5 Å². The van der Waals surface area contributed by atoms with Gasteiger partial charge in [0.15, 0.2) is 0 Å². The number of nitrogens with zero attached hydrogens (tertiary/aromatic N) is 2. The van der Waals surface area contributed by atoms with Gasteiger partial charge < -0.3 is 15.0 Å². The first kappa shape index (κ1) is 12.6. The van der Waals surface area contributed by atoms with E-state index in [9.17, 15) is 0 Å². The highest BCUT2D eigenvalue weighted by Crippen LogP contribution is 2.20. The van der Waals surface area contributed by atoms with Gasteiger partial charge in [-0.05, 0) is 30.9 Å². The standard InChI is InChI=1S/C15H21N3O/c1-18-14-7-3-2-6-13(14)17-15(18)9-12(16)11-5-4-8-19-10-11/h2-3,6-7,11-12H,4-5,8-10,16H2,1H3. The molecule has 1 aliphatic heterocycles. The first-order chi connectivity index (χ1) is 9.25. The van der Waals surface area contributed by atoms with Crippen molar-refractivity contribution in [3.05, 3.63) is 30.1 Å². The summed E-state index contributed by atoms with van der Waals surface area (Å²) < 4.78 is 7.67. The van der Waals surface area contributed by atoms with Gasteiger partial charge in [-0.2, -0.15) is 0 Å². The van der Waals surface area contributed by atoms with Crippen molar-refractivity contribution in [3.63, 3.8) is 0 Å². The lowest BCUT2D eigenvalue weighted by molar-refractivity contribution is 0.0447. The fraction of sp³-hybridized carbons (Fsp3) is 0.533. The number of rotatable bonds is 3. The smallest absolute Gasteiger partial charge is 0.111 e. The lowest BCUT2D eigenvalue weighted by Crippen LogP contribution is -2.38. The molecular weight excluding hydrogens is 238 g/mol. The molecule has 0 aliphatic carbocycles. The number of imidazole rings is 1. The number of para-hydroxylation sites is 2. The van der Waals surface area contributed by atoms with Crippen LogP contribution in [0, 0.1) is 5.92 Å². The zero-order valence-corrected chi connectivity index (χ0v) is 11.4. The predicted octanol–water partition coefficient (Wildman–Crippen LogP) is 1.87. The molecule has 2 aromatic rings.